The molecule has 0 bridgehead atoms. The Labute approximate surface area is 66.6 Å². The summed E-state index contributed by atoms with van der Waals surface area (Å²) in [4.78, 5) is 0. The van der Waals surface area contributed by atoms with Crippen LogP contribution in [0.5, 0.6) is 0 Å². The van der Waals surface area contributed by atoms with E-state index < -0.39 is 0 Å². The average molecular weight is 155 g/mol. The van der Waals surface area contributed by atoms with Gasteiger partial charge in [-0.05, 0) is 12.8 Å². The van der Waals surface area contributed by atoms with Crippen LogP contribution in [-0.2, 0) is 0 Å². The summed E-state index contributed by atoms with van der Waals surface area (Å²) in [5, 5.41) is 0. The summed E-state index contributed by atoms with van der Waals surface area (Å²) < 4.78 is 2.54. The zero-order chi connectivity index (χ0) is 7.40. The molecule has 0 aromatic heterocycles. The van der Waals surface area contributed by atoms with Crippen LogP contribution in [0.1, 0.15) is 25.7 Å². The third-order valence-electron chi connectivity index (χ3n) is 2.37. The van der Waals surface area contributed by atoms with Gasteiger partial charge in [0, 0.05) is 12.6 Å². The van der Waals surface area contributed by atoms with Gasteiger partial charge in [-0.1, -0.05) is 18.9 Å². The fourth-order valence-electron chi connectivity index (χ4n) is 1.70. The van der Waals surface area contributed by atoms with Gasteiger partial charge >= 0.3 is 0 Å². The number of rotatable bonds is 3. The minimum absolute atomic E-state index is 0.907. The Kier molecular flexibility index (Phi) is 3.16. The highest BCUT2D eigenvalue weighted by molar-refractivity contribution is 6.04. The van der Waals surface area contributed by atoms with Gasteiger partial charge in [-0.2, -0.15) is 0 Å². The van der Waals surface area contributed by atoms with Gasteiger partial charge in [-0.15, -0.1) is 6.58 Å². The second kappa shape index (κ2) is 3.94. The largest absolute Gasteiger partial charge is 0.326 e. The monoisotopic (exact) mass is 155 g/mol. The van der Waals surface area contributed by atoms with Crippen LogP contribution >= 0.6 is 0 Å². The van der Waals surface area contributed by atoms with Crippen LogP contribution in [0.15, 0.2) is 12.7 Å². The van der Waals surface area contributed by atoms with Gasteiger partial charge in [-0.3, -0.25) is 0 Å². The molecule has 0 unspecified atom stereocenters. The molecule has 2 heteroatoms. The molecule has 10 heavy (non-hydrogen) atoms. The lowest BCUT2D eigenvalue weighted by Crippen LogP contribution is -2.30. The Morgan fingerprint density at radius 3 is 2.60 bits per heavy atom. The van der Waals surface area contributed by atoms with Crippen LogP contribution in [0.2, 0.25) is 0 Å². The molecule has 0 heterocycles. The highest BCUT2D eigenvalue weighted by Crippen LogP contribution is 2.21. The van der Waals surface area contributed by atoms with Crippen molar-refractivity contribution in [2.75, 3.05) is 6.54 Å². The Bertz CT molecular complexity index is 108. The molecule has 0 saturated heterocycles. The second-order valence-corrected chi connectivity index (χ2v) is 4.32. The van der Waals surface area contributed by atoms with Crippen molar-refractivity contribution < 1.29 is 0 Å². The molecule has 1 aliphatic carbocycles. The zero-order valence-electron chi connectivity index (χ0n) is 6.84. The molecule has 0 aromatic rings. The van der Waals surface area contributed by atoms with Crippen molar-refractivity contribution in [2.45, 2.75) is 31.7 Å². The van der Waals surface area contributed by atoms with Crippen molar-refractivity contribution in [3.8, 4) is 0 Å². The molecule has 1 rings (SSSR count). The van der Waals surface area contributed by atoms with Crippen molar-refractivity contribution >= 4 is 10.4 Å². The molecule has 1 aliphatic rings. The molecular formula is C8H17NSi. The normalized spacial score (nSPS) is 20.5. The van der Waals surface area contributed by atoms with Crippen molar-refractivity contribution in [3.63, 3.8) is 0 Å². The Hall–Kier alpha value is -0.0831. The molecule has 58 valence electrons. The van der Waals surface area contributed by atoms with Crippen molar-refractivity contribution in [1.82, 2.24) is 4.57 Å². The molecule has 0 spiro atoms. The van der Waals surface area contributed by atoms with Gasteiger partial charge in [0.15, 0.2) is 0 Å². The van der Waals surface area contributed by atoms with Crippen LogP contribution in [0.3, 0.4) is 0 Å². The van der Waals surface area contributed by atoms with Gasteiger partial charge in [-0.25, -0.2) is 0 Å². The van der Waals surface area contributed by atoms with Crippen molar-refractivity contribution in [3.05, 3.63) is 12.7 Å². The number of hydrogen-bond donors (Lipinski definition) is 0. The van der Waals surface area contributed by atoms with Crippen LogP contribution in [-0.4, -0.2) is 27.6 Å². The van der Waals surface area contributed by atoms with Crippen LogP contribution in [0.25, 0.3) is 0 Å². The first kappa shape index (κ1) is 8.02. The Morgan fingerprint density at radius 1 is 1.50 bits per heavy atom. The topological polar surface area (TPSA) is 3.24 Å². The lowest BCUT2D eigenvalue weighted by atomic mass is 10.2. The minimum atomic E-state index is 0.907. The van der Waals surface area contributed by atoms with Gasteiger partial charge in [0.05, 0.1) is 10.4 Å². The summed E-state index contributed by atoms with van der Waals surface area (Å²) in [6.45, 7) is 4.86. The lowest BCUT2D eigenvalue weighted by molar-refractivity contribution is 0.371. The smallest absolute Gasteiger partial charge is 0.0791 e. The molecule has 0 radical (unpaired) electrons. The van der Waals surface area contributed by atoms with E-state index in [9.17, 15) is 0 Å². The van der Waals surface area contributed by atoms with E-state index in [-0.39, 0.29) is 0 Å². The maximum absolute atomic E-state index is 3.75. The summed E-state index contributed by atoms with van der Waals surface area (Å²) in [6.07, 6.45) is 7.76. The summed E-state index contributed by atoms with van der Waals surface area (Å²) in [5.41, 5.74) is 0. The SMILES string of the molecule is C=CCN([SiH3])C1CCCC1. The maximum atomic E-state index is 3.75. The second-order valence-electron chi connectivity index (χ2n) is 3.17. The quantitative estimate of drug-likeness (QED) is 0.428. The van der Waals surface area contributed by atoms with Gasteiger partial charge in [0.1, 0.15) is 0 Å². The minimum Gasteiger partial charge on any atom is -0.326 e. The average Bonchev–Trinajstić information content (AvgIpc) is 2.38. The van der Waals surface area contributed by atoms with E-state index in [1.54, 1.807) is 0 Å². The molecule has 1 nitrogen and oxygen atoms in total. The van der Waals surface area contributed by atoms with Crippen molar-refractivity contribution in [2.24, 2.45) is 0 Å². The first-order valence-electron chi connectivity index (χ1n) is 4.15. The molecule has 0 aliphatic heterocycles. The maximum Gasteiger partial charge on any atom is 0.0791 e. The van der Waals surface area contributed by atoms with Crippen LogP contribution in [0, 0.1) is 0 Å². The van der Waals surface area contributed by atoms with Gasteiger partial charge < -0.3 is 4.57 Å². The summed E-state index contributed by atoms with van der Waals surface area (Å²) in [6, 6.07) is 0.907. The fourth-order valence-corrected chi connectivity index (χ4v) is 2.47. The van der Waals surface area contributed by atoms with Crippen LogP contribution < -0.4 is 0 Å². The molecule has 0 aromatic carbocycles. The summed E-state index contributed by atoms with van der Waals surface area (Å²) in [5.74, 6) is 0. The van der Waals surface area contributed by atoms with E-state index in [2.05, 4.69) is 11.1 Å². The van der Waals surface area contributed by atoms with E-state index in [4.69, 9.17) is 0 Å². The van der Waals surface area contributed by atoms with Gasteiger partial charge in [0.2, 0.25) is 0 Å². The fraction of sp³-hybridized carbons (Fsp3) is 0.750. The first-order valence-corrected chi connectivity index (χ1v) is 5.05. The predicted molar refractivity (Wildman–Crippen MR) is 49.1 cm³/mol. The Balaban J connectivity index is 2.24. The van der Waals surface area contributed by atoms with E-state index >= 15 is 0 Å². The third kappa shape index (κ3) is 1.96. The number of hydrogen-bond acceptors (Lipinski definition) is 1. The zero-order valence-corrected chi connectivity index (χ0v) is 8.84. The molecule has 1 fully saturated rings. The van der Waals surface area contributed by atoms with E-state index in [0.717, 1.165) is 12.6 Å². The summed E-state index contributed by atoms with van der Waals surface area (Å²) in [7, 11) is 1.20. The third-order valence-corrected chi connectivity index (χ3v) is 3.46. The highest BCUT2D eigenvalue weighted by Gasteiger charge is 2.17. The molecular weight excluding hydrogens is 138 g/mol. The highest BCUT2D eigenvalue weighted by atomic mass is 28.2. The first-order chi connectivity index (χ1) is 4.84. The molecule has 0 N–H and O–H groups in total. The van der Waals surface area contributed by atoms with E-state index in [0.29, 0.717) is 0 Å². The van der Waals surface area contributed by atoms with E-state index in [1.165, 1.54) is 36.1 Å². The molecule has 0 amide bonds. The molecule has 0 atom stereocenters. The van der Waals surface area contributed by atoms with Crippen molar-refractivity contribution in [1.29, 1.82) is 0 Å². The van der Waals surface area contributed by atoms with E-state index in [1.807, 2.05) is 6.08 Å². The van der Waals surface area contributed by atoms with Gasteiger partial charge in [0.25, 0.3) is 0 Å². The summed E-state index contributed by atoms with van der Waals surface area (Å²) >= 11 is 0. The molecule has 1 saturated carbocycles. The lowest BCUT2D eigenvalue weighted by Gasteiger charge is -2.22. The van der Waals surface area contributed by atoms with Crippen LogP contribution in [0.4, 0.5) is 0 Å². The number of nitrogens with zero attached hydrogens (tertiary/aromatic N) is 1. The predicted octanol–water partition coefficient (Wildman–Crippen LogP) is 0.697. The Morgan fingerprint density at radius 2 is 2.10 bits per heavy atom. The standard InChI is InChI=1S/C8H17NSi/c1-2-7-9(10)8-5-3-4-6-8/h2,8H,1,3-7H2,10H3.